The van der Waals surface area contributed by atoms with Gasteiger partial charge in [0, 0.05) is 24.5 Å². The van der Waals surface area contributed by atoms with Crippen LogP contribution in [-0.4, -0.2) is 34.1 Å². The highest BCUT2D eigenvalue weighted by Crippen LogP contribution is 2.25. The number of halogens is 1. The predicted octanol–water partition coefficient (Wildman–Crippen LogP) is 3.37. The molecular weight excluding hydrogens is 312 g/mol. The first kappa shape index (κ1) is 13.9. The molecule has 1 saturated heterocycles. The van der Waals surface area contributed by atoms with Gasteiger partial charge in [-0.2, -0.15) is 16.7 Å². The van der Waals surface area contributed by atoms with E-state index in [0.29, 0.717) is 12.0 Å². The van der Waals surface area contributed by atoms with Crippen molar-refractivity contribution in [3.8, 4) is 0 Å². The minimum atomic E-state index is 0.522. The zero-order valence-electron chi connectivity index (χ0n) is 10.6. The van der Waals surface area contributed by atoms with E-state index < -0.39 is 0 Å². The van der Waals surface area contributed by atoms with Crippen LogP contribution < -0.4 is 10.6 Å². The minimum absolute atomic E-state index is 0.522. The van der Waals surface area contributed by atoms with Gasteiger partial charge in [0.1, 0.15) is 5.82 Å². The lowest BCUT2D eigenvalue weighted by atomic mass is 10.2. The Bertz CT molecular complexity index is 382. The van der Waals surface area contributed by atoms with E-state index in [0.717, 1.165) is 29.0 Å². The highest BCUT2D eigenvalue weighted by molar-refractivity contribution is 9.10. The van der Waals surface area contributed by atoms with Gasteiger partial charge in [0.25, 0.3) is 0 Å². The Labute approximate surface area is 121 Å². The van der Waals surface area contributed by atoms with E-state index in [2.05, 4.69) is 43.5 Å². The quantitative estimate of drug-likeness (QED) is 0.866. The molecule has 0 bridgehead atoms. The Hall–Kier alpha value is -0.490. The van der Waals surface area contributed by atoms with Gasteiger partial charge in [-0.05, 0) is 40.9 Å². The lowest BCUT2D eigenvalue weighted by molar-refractivity contribution is 0.681. The number of aromatic nitrogens is 2. The van der Waals surface area contributed by atoms with Gasteiger partial charge < -0.3 is 10.6 Å². The van der Waals surface area contributed by atoms with E-state index >= 15 is 0 Å². The maximum atomic E-state index is 4.51. The Morgan fingerprint density at radius 3 is 3.17 bits per heavy atom. The van der Waals surface area contributed by atoms with Crippen molar-refractivity contribution in [2.75, 3.05) is 28.7 Å². The number of hydrogen-bond donors (Lipinski definition) is 2. The SMILES string of the molecule is CCCNc1ncc(Br)c(NC2CCCSC2)n1. The Morgan fingerprint density at radius 1 is 1.56 bits per heavy atom. The van der Waals surface area contributed by atoms with Crippen LogP contribution in [0.2, 0.25) is 0 Å². The predicted molar refractivity (Wildman–Crippen MR) is 82.5 cm³/mol. The smallest absolute Gasteiger partial charge is 0.224 e. The number of nitrogens with zero attached hydrogens (tertiary/aromatic N) is 2. The number of hydrogen-bond acceptors (Lipinski definition) is 5. The molecule has 1 aliphatic heterocycles. The molecule has 2 N–H and O–H groups in total. The Morgan fingerprint density at radius 2 is 2.44 bits per heavy atom. The number of nitrogens with one attached hydrogen (secondary N) is 2. The van der Waals surface area contributed by atoms with Gasteiger partial charge in [-0.25, -0.2) is 4.98 Å². The van der Waals surface area contributed by atoms with Gasteiger partial charge in [0.05, 0.1) is 4.47 Å². The fourth-order valence-corrected chi connectivity index (χ4v) is 3.22. The van der Waals surface area contributed by atoms with Crippen LogP contribution in [0, 0.1) is 0 Å². The summed E-state index contributed by atoms with van der Waals surface area (Å²) in [6.45, 7) is 3.03. The monoisotopic (exact) mass is 330 g/mol. The Balaban J connectivity index is 2.00. The second kappa shape index (κ2) is 7.19. The van der Waals surface area contributed by atoms with Crippen LogP contribution >= 0.6 is 27.7 Å². The fourth-order valence-electron chi connectivity index (χ4n) is 1.84. The van der Waals surface area contributed by atoms with Crippen LogP contribution in [0.1, 0.15) is 26.2 Å². The summed E-state index contributed by atoms with van der Waals surface area (Å²) < 4.78 is 0.931. The number of thioether (sulfide) groups is 1. The molecule has 2 heterocycles. The summed E-state index contributed by atoms with van der Waals surface area (Å²) in [5.74, 6) is 4.04. The first-order chi connectivity index (χ1) is 8.79. The highest BCUT2D eigenvalue weighted by atomic mass is 79.9. The molecule has 0 aromatic carbocycles. The summed E-state index contributed by atoms with van der Waals surface area (Å²) in [5, 5.41) is 6.72. The van der Waals surface area contributed by atoms with Crippen molar-refractivity contribution in [2.45, 2.75) is 32.2 Å². The molecular formula is C12H19BrN4S. The van der Waals surface area contributed by atoms with Crippen molar-refractivity contribution in [1.82, 2.24) is 9.97 Å². The van der Waals surface area contributed by atoms with E-state index in [1.54, 1.807) is 0 Å². The molecule has 0 amide bonds. The molecule has 1 atom stereocenters. The van der Waals surface area contributed by atoms with Crippen LogP contribution in [0.3, 0.4) is 0 Å². The van der Waals surface area contributed by atoms with Crippen LogP contribution in [0.4, 0.5) is 11.8 Å². The topological polar surface area (TPSA) is 49.8 Å². The Kier molecular flexibility index (Phi) is 5.56. The van der Waals surface area contributed by atoms with Crippen LogP contribution in [0.25, 0.3) is 0 Å². The molecule has 1 aromatic heterocycles. The lowest BCUT2D eigenvalue weighted by Gasteiger charge is -2.23. The van der Waals surface area contributed by atoms with Gasteiger partial charge in [0.15, 0.2) is 0 Å². The van der Waals surface area contributed by atoms with Gasteiger partial charge in [-0.15, -0.1) is 0 Å². The molecule has 6 heteroatoms. The molecule has 1 fully saturated rings. The van der Waals surface area contributed by atoms with Gasteiger partial charge >= 0.3 is 0 Å². The van der Waals surface area contributed by atoms with E-state index in [-0.39, 0.29) is 0 Å². The minimum Gasteiger partial charge on any atom is -0.365 e. The summed E-state index contributed by atoms with van der Waals surface area (Å²) in [4.78, 5) is 8.77. The van der Waals surface area contributed by atoms with Gasteiger partial charge in [-0.3, -0.25) is 0 Å². The molecule has 100 valence electrons. The largest absolute Gasteiger partial charge is 0.365 e. The maximum Gasteiger partial charge on any atom is 0.224 e. The molecule has 4 nitrogen and oxygen atoms in total. The molecule has 18 heavy (non-hydrogen) atoms. The van der Waals surface area contributed by atoms with E-state index in [1.807, 2.05) is 18.0 Å². The van der Waals surface area contributed by atoms with E-state index in [1.165, 1.54) is 18.6 Å². The average molecular weight is 331 g/mol. The molecule has 1 aromatic rings. The highest BCUT2D eigenvalue weighted by Gasteiger charge is 2.15. The standard InChI is InChI=1S/C12H19BrN4S/c1-2-5-14-12-15-7-10(13)11(17-12)16-9-4-3-6-18-8-9/h7,9H,2-6,8H2,1H3,(H2,14,15,16,17). The second-order valence-corrected chi connectivity index (χ2v) is 6.38. The molecule has 2 rings (SSSR count). The lowest BCUT2D eigenvalue weighted by Crippen LogP contribution is -2.26. The molecule has 0 aliphatic carbocycles. The third-order valence-corrected chi connectivity index (χ3v) is 4.57. The van der Waals surface area contributed by atoms with Crippen LogP contribution in [-0.2, 0) is 0 Å². The van der Waals surface area contributed by atoms with Gasteiger partial charge in [-0.1, -0.05) is 6.92 Å². The van der Waals surface area contributed by atoms with Crippen molar-refractivity contribution >= 4 is 39.5 Å². The molecule has 0 spiro atoms. The zero-order chi connectivity index (χ0) is 12.8. The van der Waals surface area contributed by atoms with Crippen molar-refractivity contribution < 1.29 is 0 Å². The van der Waals surface area contributed by atoms with E-state index in [4.69, 9.17) is 0 Å². The van der Waals surface area contributed by atoms with Crippen molar-refractivity contribution in [3.05, 3.63) is 10.7 Å². The van der Waals surface area contributed by atoms with E-state index in [9.17, 15) is 0 Å². The maximum absolute atomic E-state index is 4.51. The third-order valence-electron chi connectivity index (χ3n) is 2.78. The van der Waals surface area contributed by atoms with Crippen molar-refractivity contribution in [1.29, 1.82) is 0 Å². The van der Waals surface area contributed by atoms with Crippen LogP contribution in [0.15, 0.2) is 10.7 Å². The number of rotatable bonds is 5. The molecule has 1 aliphatic rings. The van der Waals surface area contributed by atoms with Crippen molar-refractivity contribution in [2.24, 2.45) is 0 Å². The first-order valence-electron chi connectivity index (χ1n) is 6.40. The summed E-state index contributed by atoms with van der Waals surface area (Å²) in [5.41, 5.74) is 0. The van der Waals surface area contributed by atoms with Crippen molar-refractivity contribution in [3.63, 3.8) is 0 Å². The number of anilines is 2. The zero-order valence-corrected chi connectivity index (χ0v) is 13.0. The molecule has 1 unspecified atom stereocenters. The molecule has 0 saturated carbocycles. The average Bonchev–Trinajstić information content (AvgIpc) is 2.41. The normalized spacial score (nSPS) is 19.6. The summed E-state index contributed by atoms with van der Waals surface area (Å²) in [7, 11) is 0. The summed E-state index contributed by atoms with van der Waals surface area (Å²) in [6.07, 6.45) is 5.39. The second-order valence-electron chi connectivity index (χ2n) is 4.38. The summed E-state index contributed by atoms with van der Waals surface area (Å²) >= 11 is 5.51. The first-order valence-corrected chi connectivity index (χ1v) is 8.35. The van der Waals surface area contributed by atoms with Gasteiger partial charge in [0.2, 0.25) is 5.95 Å². The fraction of sp³-hybridized carbons (Fsp3) is 0.667. The molecule has 0 radical (unpaired) electrons. The summed E-state index contributed by atoms with van der Waals surface area (Å²) in [6, 6.07) is 0.522. The van der Waals surface area contributed by atoms with Crippen LogP contribution in [0.5, 0.6) is 0 Å². The third kappa shape index (κ3) is 4.02.